The van der Waals surface area contributed by atoms with Crippen molar-refractivity contribution in [3.05, 3.63) is 60.2 Å². The molecule has 0 aliphatic rings. The molecule has 0 spiro atoms. The van der Waals surface area contributed by atoms with Crippen molar-refractivity contribution in [3.8, 4) is 0 Å². The number of carbonyl (C=O) groups excluding carboxylic acids is 1. The number of nitrogens with zero attached hydrogens (tertiary/aromatic N) is 2. The Balaban J connectivity index is 0.000000343. The lowest BCUT2D eigenvalue weighted by molar-refractivity contribution is -0.140. The van der Waals surface area contributed by atoms with Gasteiger partial charge in [-0.2, -0.15) is 0 Å². The molecule has 1 amide bonds. The molecule has 2 atom stereocenters. The number of amides is 1. The van der Waals surface area contributed by atoms with Gasteiger partial charge >= 0.3 is 18.0 Å². The maximum Gasteiger partial charge on any atom is 0.408 e. The van der Waals surface area contributed by atoms with Crippen LogP contribution in [0.15, 0.2) is 49.1 Å². The summed E-state index contributed by atoms with van der Waals surface area (Å²) >= 11 is 0. The molecular weight excluding hydrogens is 404 g/mol. The quantitative estimate of drug-likeness (QED) is 0.509. The van der Waals surface area contributed by atoms with Gasteiger partial charge in [-0.3, -0.25) is 14.8 Å². The van der Waals surface area contributed by atoms with Crippen molar-refractivity contribution in [2.45, 2.75) is 51.3 Å². The molecule has 0 unspecified atom stereocenters. The molecule has 2 aromatic rings. The van der Waals surface area contributed by atoms with Gasteiger partial charge in [-0.1, -0.05) is 12.1 Å². The van der Waals surface area contributed by atoms with E-state index in [0.29, 0.717) is 6.42 Å². The Bertz CT molecular complexity index is 840. The Labute approximate surface area is 180 Å². The normalized spacial score (nSPS) is 12.5. The third-order valence-electron chi connectivity index (χ3n) is 3.65. The van der Waals surface area contributed by atoms with Gasteiger partial charge in [0.25, 0.3) is 0 Å². The van der Waals surface area contributed by atoms with Crippen molar-refractivity contribution < 1.29 is 29.3 Å². The first-order chi connectivity index (χ1) is 14.5. The summed E-state index contributed by atoms with van der Waals surface area (Å²) in [4.78, 5) is 40.8. The second-order valence-electron chi connectivity index (χ2n) is 7.61. The van der Waals surface area contributed by atoms with E-state index in [1.165, 1.54) is 0 Å². The number of carbonyl (C=O) groups is 3. The van der Waals surface area contributed by atoms with Crippen molar-refractivity contribution in [1.29, 1.82) is 0 Å². The molecule has 2 rings (SSSR count). The number of nitrogens with two attached hydrogens (primary N) is 1. The van der Waals surface area contributed by atoms with Crippen LogP contribution in [-0.2, 0) is 27.2 Å². The Hall–Kier alpha value is -3.53. The zero-order chi connectivity index (χ0) is 23.4. The molecule has 0 bridgehead atoms. The predicted octanol–water partition coefficient (Wildman–Crippen LogP) is 1.64. The molecule has 2 heterocycles. The van der Waals surface area contributed by atoms with Crippen LogP contribution in [0.2, 0.25) is 0 Å². The maximum absolute atomic E-state index is 11.6. The van der Waals surface area contributed by atoms with E-state index in [2.05, 4.69) is 15.3 Å². The summed E-state index contributed by atoms with van der Waals surface area (Å²) in [6.45, 7) is 5.14. The van der Waals surface area contributed by atoms with Crippen LogP contribution in [0, 0.1) is 0 Å². The molecule has 10 heteroatoms. The highest BCUT2D eigenvalue weighted by Gasteiger charge is 2.24. The Morgan fingerprint density at radius 1 is 1.00 bits per heavy atom. The van der Waals surface area contributed by atoms with E-state index in [1.54, 1.807) is 69.8 Å². The van der Waals surface area contributed by atoms with Gasteiger partial charge in [0.2, 0.25) is 0 Å². The molecule has 2 aromatic heterocycles. The summed E-state index contributed by atoms with van der Waals surface area (Å²) in [6.07, 6.45) is 6.14. The van der Waals surface area contributed by atoms with Gasteiger partial charge in [-0.05, 0) is 50.5 Å². The van der Waals surface area contributed by atoms with Gasteiger partial charge in [-0.15, -0.1) is 0 Å². The van der Waals surface area contributed by atoms with Gasteiger partial charge in [-0.25, -0.2) is 9.59 Å². The second-order valence-corrected chi connectivity index (χ2v) is 7.61. The number of ether oxygens (including phenoxy) is 1. The molecule has 0 aliphatic carbocycles. The highest BCUT2D eigenvalue weighted by Crippen LogP contribution is 2.08. The molecule has 0 aromatic carbocycles. The Morgan fingerprint density at radius 3 is 1.90 bits per heavy atom. The lowest BCUT2D eigenvalue weighted by Crippen LogP contribution is -2.44. The van der Waals surface area contributed by atoms with E-state index in [-0.39, 0.29) is 6.42 Å². The monoisotopic (exact) mass is 432 g/mol. The van der Waals surface area contributed by atoms with E-state index in [4.69, 9.17) is 20.7 Å². The zero-order valence-corrected chi connectivity index (χ0v) is 17.7. The summed E-state index contributed by atoms with van der Waals surface area (Å²) in [7, 11) is 0. The third kappa shape index (κ3) is 11.3. The van der Waals surface area contributed by atoms with E-state index in [9.17, 15) is 14.4 Å². The lowest BCUT2D eigenvalue weighted by atomic mass is 10.1. The number of carboxylic acid groups (broad SMARTS) is 2. The van der Waals surface area contributed by atoms with Gasteiger partial charge in [0.1, 0.15) is 17.7 Å². The molecule has 168 valence electrons. The van der Waals surface area contributed by atoms with Crippen LogP contribution in [0.4, 0.5) is 4.79 Å². The van der Waals surface area contributed by atoms with Gasteiger partial charge in [0.05, 0.1) is 0 Å². The highest BCUT2D eigenvalue weighted by molar-refractivity contribution is 5.80. The van der Waals surface area contributed by atoms with Crippen LogP contribution >= 0.6 is 0 Å². The van der Waals surface area contributed by atoms with Crippen LogP contribution in [-0.4, -0.2) is 55.9 Å². The number of pyridine rings is 2. The zero-order valence-electron chi connectivity index (χ0n) is 17.7. The van der Waals surface area contributed by atoms with Crippen molar-refractivity contribution in [2.24, 2.45) is 5.73 Å². The molecule has 0 radical (unpaired) electrons. The molecule has 10 nitrogen and oxygen atoms in total. The van der Waals surface area contributed by atoms with Crippen LogP contribution in [0.5, 0.6) is 0 Å². The summed E-state index contributed by atoms with van der Waals surface area (Å²) in [5.74, 6) is -2.10. The number of alkyl carbamates (subject to hydrolysis) is 1. The summed E-state index contributed by atoms with van der Waals surface area (Å²) in [5, 5.41) is 19.9. The predicted molar refractivity (Wildman–Crippen MR) is 112 cm³/mol. The molecule has 0 aliphatic heterocycles. The van der Waals surface area contributed by atoms with Gasteiger partial charge in [0.15, 0.2) is 0 Å². The topological polar surface area (TPSA) is 165 Å². The van der Waals surface area contributed by atoms with Crippen LogP contribution in [0.25, 0.3) is 0 Å². The minimum Gasteiger partial charge on any atom is -0.480 e. The molecule has 0 saturated carbocycles. The third-order valence-corrected chi connectivity index (χ3v) is 3.65. The summed E-state index contributed by atoms with van der Waals surface area (Å²) < 4.78 is 5.03. The number of aliphatic carboxylic acids is 2. The fourth-order valence-electron chi connectivity index (χ4n) is 2.26. The van der Waals surface area contributed by atoms with Crippen molar-refractivity contribution in [1.82, 2.24) is 15.3 Å². The minimum atomic E-state index is -1.12. The van der Waals surface area contributed by atoms with Crippen LogP contribution < -0.4 is 11.1 Å². The molecule has 0 fully saturated rings. The maximum atomic E-state index is 11.6. The summed E-state index contributed by atoms with van der Waals surface area (Å²) in [5.41, 5.74) is 6.22. The van der Waals surface area contributed by atoms with E-state index in [1.807, 2.05) is 0 Å². The number of nitrogens with one attached hydrogen (secondary N) is 1. The summed E-state index contributed by atoms with van der Waals surface area (Å²) in [6, 6.07) is 5.13. The van der Waals surface area contributed by atoms with Crippen LogP contribution in [0.3, 0.4) is 0 Å². The highest BCUT2D eigenvalue weighted by atomic mass is 16.6. The van der Waals surface area contributed by atoms with Gasteiger partial charge in [0, 0.05) is 31.2 Å². The largest absolute Gasteiger partial charge is 0.480 e. The first kappa shape index (κ1) is 25.5. The minimum absolute atomic E-state index is 0.155. The van der Waals surface area contributed by atoms with Crippen LogP contribution in [0.1, 0.15) is 31.9 Å². The molecule has 0 saturated heterocycles. The standard InChI is InChI=1S/C13H18N2O4.C8H10N2O2/c1-13(2,3)19-12(18)15-10(11(16)17)7-9-5-4-6-14-8-9;9-7(8(11)12)4-6-2-1-3-10-5-6/h4-6,8,10H,7H2,1-3H3,(H,15,18)(H,16,17);1-3,5,7H,4,9H2,(H,11,12)/t10-;7-/m11/s1. The Kier molecular flexibility index (Phi) is 10.1. The van der Waals surface area contributed by atoms with Crippen molar-refractivity contribution >= 4 is 18.0 Å². The fourth-order valence-corrected chi connectivity index (χ4v) is 2.26. The first-order valence-electron chi connectivity index (χ1n) is 9.46. The number of carboxylic acids is 2. The van der Waals surface area contributed by atoms with E-state index >= 15 is 0 Å². The second kappa shape index (κ2) is 12.2. The van der Waals surface area contributed by atoms with Crippen molar-refractivity contribution in [3.63, 3.8) is 0 Å². The smallest absolute Gasteiger partial charge is 0.408 e. The number of hydrogen-bond donors (Lipinski definition) is 4. The first-order valence-corrected chi connectivity index (χ1v) is 9.46. The van der Waals surface area contributed by atoms with Crippen molar-refractivity contribution in [2.75, 3.05) is 0 Å². The van der Waals surface area contributed by atoms with Gasteiger partial charge < -0.3 is 26.0 Å². The molecular formula is C21H28N4O6. The number of rotatable bonds is 7. The average Bonchev–Trinajstić information content (AvgIpc) is 2.68. The molecule has 5 N–H and O–H groups in total. The molecule has 31 heavy (non-hydrogen) atoms. The average molecular weight is 432 g/mol. The van der Waals surface area contributed by atoms with E-state index in [0.717, 1.165) is 11.1 Å². The lowest BCUT2D eigenvalue weighted by Gasteiger charge is -2.22. The fraction of sp³-hybridized carbons (Fsp3) is 0.381. The van der Waals surface area contributed by atoms with E-state index < -0.39 is 35.7 Å². The number of aromatic nitrogens is 2. The SMILES string of the molecule is CC(C)(C)OC(=O)N[C@H](Cc1cccnc1)C(=O)O.N[C@H](Cc1cccnc1)C(=O)O. The Morgan fingerprint density at radius 2 is 1.52 bits per heavy atom. The number of hydrogen-bond acceptors (Lipinski definition) is 7.